The molecule has 1 aliphatic heterocycles. The molecule has 1 aliphatic carbocycles. The Morgan fingerprint density at radius 2 is 1.44 bits per heavy atom. The van der Waals surface area contributed by atoms with E-state index in [1.165, 1.54) is 25.7 Å². The largest absolute Gasteiger partial charge is 0.349 e. The van der Waals surface area contributed by atoms with E-state index in [0.29, 0.717) is 19.0 Å². The molecule has 1 saturated carbocycles. The summed E-state index contributed by atoms with van der Waals surface area (Å²) in [5.74, 6) is 0. The third kappa shape index (κ3) is 0.970. The highest BCUT2D eigenvalue weighted by molar-refractivity contribution is 4.78. The fourth-order valence-electron chi connectivity index (χ4n) is 1.66. The van der Waals surface area contributed by atoms with E-state index >= 15 is 0 Å². The summed E-state index contributed by atoms with van der Waals surface area (Å²) in [5, 5.41) is 0. The van der Waals surface area contributed by atoms with Crippen molar-refractivity contribution in [2.24, 2.45) is 0 Å². The molecule has 0 aromatic rings. The van der Waals surface area contributed by atoms with Crippen LogP contribution in [0.3, 0.4) is 0 Å². The molecular formula is C7H12O2. The minimum absolute atomic E-state index is 0.443. The third-order valence-corrected chi connectivity index (χ3v) is 2.21. The van der Waals surface area contributed by atoms with Gasteiger partial charge in [-0.05, 0) is 12.8 Å². The number of hydrogen-bond donors (Lipinski definition) is 0. The van der Waals surface area contributed by atoms with E-state index in [1.807, 2.05) is 0 Å². The zero-order chi connectivity index (χ0) is 6.10. The van der Waals surface area contributed by atoms with Gasteiger partial charge in [0.25, 0.3) is 0 Å². The maximum atomic E-state index is 5.33. The minimum Gasteiger partial charge on any atom is -0.349 e. The van der Waals surface area contributed by atoms with Gasteiger partial charge in [0.05, 0.1) is 12.2 Å². The Morgan fingerprint density at radius 1 is 0.889 bits per heavy atom. The first-order chi connectivity index (χ1) is 4.47. The lowest BCUT2D eigenvalue weighted by Gasteiger charge is -2.21. The van der Waals surface area contributed by atoms with Gasteiger partial charge >= 0.3 is 0 Å². The molecule has 0 N–H and O–H groups in total. The molecule has 9 heavy (non-hydrogen) atoms. The van der Waals surface area contributed by atoms with Crippen LogP contribution in [0.15, 0.2) is 0 Å². The Morgan fingerprint density at radius 3 is 2.00 bits per heavy atom. The van der Waals surface area contributed by atoms with Gasteiger partial charge in [-0.2, -0.15) is 0 Å². The molecular weight excluding hydrogens is 116 g/mol. The first-order valence-corrected chi connectivity index (χ1v) is 3.70. The second kappa shape index (κ2) is 2.27. The van der Waals surface area contributed by atoms with Crippen molar-refractivity contribution in [3.63, 3.8) is 0 Å². The molecule has 2 heteroatoms. The van der Waals surface area contributed by atoms with Gasteiger partial charge in [0.2, 0.25) is 0 Å². The van der Waals surface area contributed by atoms with Crippen LogP contribution >= 0.6 is 0 Å². The summed E-state index contributed by atoms with van der Waals surface area (Å²) < 4.78 is 10.7. The van der Waals surface area contributed by atoms with Gasteiger partial charge in [-0.3, -0.25) is 0 Å². The van der Waals surface area contributed by atoms with Crippen LogP contribution in [0.1, 0.15) is 25.7 Å². The Bertz CT molecular complexity index is 91.1. The second-order valence-electron chi connectivity index (χ2n) is 2.81. The molecule has 2 atom stereocenters. The van der Waals surface area contributed by atoms with E-state index in [1.54, 1.807) is 0 Å². The van der Waals surface area contributed by atoms with Gasteiger partial charge in [-0.25, -0.2) is 0 Å². The van der Waals surface area contributed by atoms with Gasteiger partial charge in [-0.15, -0.1) is 0 Å². The summed E-state index contributed by atoms with van der Waals surface area (Å²) in [6.45, 7) is 0.537. The number of ether oxygens (including phenoxy) is 2. The Labute approximate surface area is 55.1 Å². The van der Waals surface area contributed by atoms with E-state index in [4.69, 9.17) is 9.47 Å². The van der Waals surface area contributed by atoms with Crippen LogP contribution in [0.5, 0.6) is 0 Å². The van der Waals surface area contributed by atoms with Crippen molar-refractivity contribution in [2.45, 2.75) is 37.9 Å². The highest BCUT2D eigenvalue weighted by Crippen LogP contribution is 2.27. The molecule has 0 amide bonds. The molecule has 2 rings (SSSR count). The Hall–Kier alpha value is -0.0800. The lowest BCUT2D eigenvalue weighted by molar-refractivity contribution is 0.0396. The molecule has 0 spiro atoms. The van der Waals surface area contributed by atoms with Crippen LogP contribution in [-0.2, 0) is 9.47 Å². The van der Waals surface area contributed by atoms with E-state index in [9.17, 15) is 0 Å². The van der Waals surface area contributed by atoms with Crippen LogP contribution in [0, 0.1) is 0 Å². The topological polar surface area (TPSA) is 18.5 Å². The average Bonchev–Trinajstić information content (AvgIpc) is 2.33. The monoisotopic (exact) mass is 128 g/mol. The predicted octanol–water partition coefficient (Wildman–Crippen LogP) is 1.30. The quantitative estimate of drug-likeness (QED) is 0.489. The highest BCUT2D eigenvalue weighted by Gasteiger charge is 2.30. The first kappa shape index (κ1) is 5.69. The fourth-order valence-corrected chi connectivity index (χ4v) is 1.66. The van der Waals surface area contributed by atoms with Crippen molar-refractivity contribution in [1.29, 1.82) is 0 Å². The van der Waals surface area contributed by atoms with Gasteiger partial charge in [0.1, 0.15) is 6.79 Å². The predicted molar refractivity (Wildman–Crippen MR) is 33.1 cm³/mol. The van der Waals surface area contributed by atoms with Crippen LogP contribution in [0.4, 0.5) is 0 Å². The molecule has 0 aromatic heterocycles. The Kier molecular flexibility index (Phi) is 1.44. The second-order valence-corrected chi connectivity index (χ2v) is 2.81. The van der Waals surface area contributed by atoms with Crippen molar-refractivity contribution in [2.75, 3.05) is 6.79 Å². The lowest BCUT2D eigenvalue weighted by atomic mass is 9.95. The van der Waals surface area contributed by atoms with Gasteiger partial charge in [0.15, 0.2) is 0 Å². The summed E-state index contributed by atoms with van der Waals surface area (Å²) in [7, 11) is 0. The first-order valence-electron chi connectivity index (χ1n) is 3.70. The molecule has 0 bridgehead atoms. The SMILES string of the molecule is C1CCC2OCOC2C1. The molecule has 1 saturated heterocycles. The normalized spacial score (nSPS) is 42.7. The zero-order valence-electron chi connectivity index (χ0n) is 5.51. The van der Waals surface area contributed by atoms with Gasteiger partial charge in [-0.1, -0.05) is 12.8 Å². The van der Waals surface area contributed by atoms with Crippen molar-refractivity contribution in [1.82, 2.24) is 0 Å². The zero-order valence-corrected chi connectivity index (χ0v) is 5.51. The molecule has 0 radical (unpaired) electrons. The van der Waals surface area contributed by atoms with Crippen LogP contribution in [0.25, 0.3) is 0 Å². The number of fused-ring (bicyclic) bond motifs is 1. The summed E-state index contributed by atoms with van der Waals surface area (Å²) in [6, 6.07) is 0. The van der Waals surface area contributed by atoms with Crippen molar-refractivity contribution >= 4 is 0 Å². The molecule has 0 aromatic carbocycles. The maximum Gasteiger partial charge on any atom is 0.147 e. The molecule has 2 unspecified atom stereocenters. The van der Waals surface area contributed by atoms with Crippen LogP contribution < -0.4 is 0 Å². The molecule has 2 nitrogen and oxygen atoms in total. The summed E-state index contributed by atoms with van der Waals surface area (Å²) in [6.07, 6.45) is 5.96. The average molecular weight is 128 g/mol. The molecule has 1 heterocycles. The van der Waals surface area contributed by atoms with Crippen LogP contribution in [-0.4, -0.2) is 19.0 Å². The van der Waals surface area contributed by atoms with Crippen LogP contribution in [0.2, 0.25) is 0 Å². The standard InChI is InChI=1S/C7H12O2/c1-2-4-7-6(3-1)8-5-9-7/h6-7H,1-5H2. The molecule has 2 aliphatic rings. The van der Waals surface area contributed by atoms with E-state index < -0.39 is 0 Å². The third-order valence-electron chi connectivity index (χ3n) is 2.21. The molecule has 2 fully saturated rings. The van der Waals surface area contributed by atoms with Gasteiger partial charge in [0, 0.05) is 0 Å². The highest BCUT2D eigenvalue weighted by atomic mass is 16.7. The smallest absolute Gasteiger partial charge is 0.147 e. The van der Waals surface area contributed by atoms with E-state index in [2.05, 4.69) is 0 Å². The van der Waals surface area contributed by atoms with Gasteiger partial charge < -0.3 is 9.47 Å². The lowest BCUT2D eigenvalue weighted by Crippen LogP contribution is -2.25. The molecule has 52 valence electrons. The van der Waals surface area contributed by atoms with E-state index in [-0.39, 0.29) is 0 Å². The fraction of sp³-hybridized carbons (Fsp3) is 1.00. The maximum absolute atomic E-state index is 5.33. The Balaban J connectivity index is 1.97. The summed E-state index contributed by atoms with van der Waals surface area (Å²) in [4.78, 5) is 0. The van der Waals surface area contributed by atoms with Crippen molar-refractivity contribution in [3.8, 4) is 0 Å². The minimum atomic E-state index is 0.443. The summed E-state index contributed by atoms with van der Waals surface area (Å²) >= 11 is 0. The number of hydrogen-bond acceptors (Lipinski definition) is 2. The van der Waals surface area contributed by atoms with Crippen molar-refractivity contribution in [3.05, 3.63) is 0 Å². The summed E-state index contributed by atoms with van der Waals surface area (Å²) in [5.41, 5.74) is 0. The number of rotatable bonds is 0. The van der Waals surface area contributed by atoms with Crippen molar-refractivity contribution < 1.29 is 9.47 Å². The van der Waals surface area contributed by atoms with E-state index in [0.717, 1.165) is 0 Å².